The van der Waals surface area contributed by atoms with Gasteiger partial charge in [0, 0.05) is 0 Å². The fraction of sp³-hybridized carbons (Fsp3) is 0.222. The number of likely N-dealkylation sites (N-methyl/N-ethyl adjacent to an activating group) is 1. The number of carbonyl (C=O) groups is 1. The molecule has 1 unspecified atom stereocenters. The number of hydrogen-bond donors (Lipinski definition) is 1. The van der Waals surface area contributed by atoms with Gasteiger partial charge in [-0.3, -0.25) is 0 Å². The van der Waals surface area contributed by atoms with Crippen molar-refractivity contribution in [3.63, 3.8) is 0 Å². The molecule has 70 valence electrons. The first kappa shape index (κ1) is 10.2. The van der Waals surface area contributed by atoms with Gasteiger partial charge in [-0.1, -0.05) is 17.7 Å². The minimum absolute atomic E-state index is 0.0274. The fourth-order valence-electron chi connectivity index (χ4n) is 1.02. The zero-order chi connectivity index (χ0) is 9.84. The molecule has 4 heteroatoms. The van der Waals surface area contributed by atoms with E-state index >= 15 is 0 Å². The van der Waals surface area contributed by atoms with Crippen molar-refractivity contribution in [1.82, 2.24) is 5.32 Å². The van der Waals surface area contributed by atoms with Gasteiger partial charge in [-0.2, -0.15) is 0 Å². The first-order valence-corrected chi connectivity index (χ1v) is 4.14. The first-order chi connectivity index (χ1) is 6.19. The molecule has 0 aliphatic heterocycles. The molecule has 1 N–H and O–H groups in total. The average Bonchev–Trinajstić information content (AvgIpc) is 2.13. The Kier molecular flexibility index (Phi) is 3.39. The minimum Gasteiger partial charge on any atom is -0.307 e. The third-order valence-electron chi connectivity index (χ3n) is 1.75. The standard InChI is InChI=1S/C9H9ClFNO/c1-12-9(5-13)6-2-3-8(11)7(10)4-6/h2-5,9,12H,1H3. The third-order valence-corrected chi connectivity index (χ3v) is 2.04. The second-order valence-corrected chi connectivity index (χ2v) is 2.98. The zero-order valence-corrected chi connectivity index (χ0v) is 7.81. The van der Waals surface area contributed by atoms with Crippen LogP contribution in [-0.4, -0.2) is 13.3 Å². The first-order valence-electron chi connectivity index (χ1n) is 3.76. The van der Waals surface area contributed by atoms with Crippen molar-refractivity contribution < 1.29 is 9.18 Å². The molecule has 0 saturated carbocycles. The molecule has 0 aliphatic carbocycles. The highest BCUT2D eigenvalue weighted by molar-refractivity contribution is 6.30. The molecule has 0 amide bonds. The molecule has 1 atom stereocenters. The molecule has 2 nitrogen and oxygen atoms in total. The Morgan fingerprint density at radius 3 is 2.77 bits per heavy atom. The number of nitrogens with one attached hydrogen (secondary N) is 1. The van der Waals surface area contributed by atoms with Crippen molar-refractivity contribution in [1.29, 1.82) is 0 Å². The molecule has 0 aromatic heterocycles. The average molecular weight is 202 g/mol. The maximum atomic E-state index is 12.7. The monoisotopic (exact) mass is 201 g/mol. The van der Waals surface area contributed by atoms with E-state index in [4.69, 9.17) is 11.6 Å². The van der Waals surface area contributed by atoms with Crippen LogP contribution in [0.4, 0.5) is 4.39 Å². The lowest BCUT2D eigenvalue weighted by atomic mass is 10.1. The molecule has 0 fully saturated rings. The molecular formula is C9H9ClFNO. The van der Waals surface area contributed by atoms with E-state index in [0.717, 1.165) is 6.29 Å². The highest BCUT2D eigenvalue weighted by Gasteiger charge is 2.09. The predicted octanol–water partition coefficient (Wildman–Crippen LogP) is 1.94. The summed E-state index contributed by atoms with van der Waals surface area (Å²) >= 11 is 5.55. The molecule has 0 spiro atoms. The molecule has 13 heavy (non-hydrogen) atoms. The van der Waals surface area contributed by atoms with E-state index in [-0.39, 0.29) is 5.02 Å². The van der Waals surface area contributed by atoms with Crippen LogP contribution in [0, 0.1) is 5.82 Å². The summed E-state index contributed by atoms with van der Waals surface area (Å²) in [5.74, 6) is -0.480. The maximum absolute atomic E-state index is 12.7. The van der Waals surface area contributed by atoms with Gasteiger partial charge in [0.25, 0.3) is 0 Å². The van der Waals surface area contributed by atoms with Gasteiger partial charge in [-0.15, -0.1) is 0 Å². The van der Waals surface area contributed by atoms with Crippen LogP contribution >= 0.6 is 11.6 Å². The Balaban J connectivity index is 3.01. The van der Waals surface area contributed by atoms with Crippen LogP contribution in [0.5, 0.6) is 0 Å². The number of carbonyl (C=O) groups excluding carboxylic acids is 1. The van der Waals surface area contributed by atoms with Crippen LogP contribution in [0.25, 0.3) is 0 Å². The normalized spacial score (nSPS) is 12.5. The van der Waals surface area contributed by atoms with Crippen LogP contribution in [0.15, 0.2) is 18.2 Å². The van der Waals surface area contributed by atoms with Crippen molar-refractivity contribution >= 4 is 17.9 Å². The van der Waals surface area contributed by atoms with E-state index in [1.54, 1.807) is 7.05 Å². The molecule has 1 rings (SSSR count). The highest BCUT2D eigenvalue weighted by atomic mass is 35.5. The number of benzene rings is 1. The number of rotatable bonds is 3. The topological polar surface area (TPSA) is 29.1 Å². The van der Waals surface area contributed by atoms with Gasteiger partial charge in [0.2, 0.25) is 0 Å². The van der Waals surface area contributed by atoms with Crippen LogP contribution in [0.1, 0.15) is 11.6 Å². The lowest BCUT2D eigenvalue weighted by molar-refractivity contribution is -0.109. The van der Waals surface area contributed by atoms with Gasteiger partial charge >= 0.3 is 0 Å². The Morgan fingerprint density at radius 2 is 2.31 bits per heavy atom. The summed E-state index contributed by atoms with van der Waals surface area (Å²) in [7, 11) is 1.65. The molecular weight excluding hydrogens is 193 g/mol. The fourth-order valence-corrected chi connectivity index (χ4v) is 1.21. The van der Waals surface area contributed by atoms with Gasteiger partial charge in [0.05, 0.1) is 11.1 Å². The molecule has 0 bridgehead atoms. The zero-order valence-electron chi connectivity index (χ0n) is 7.05. The number of aldehydes is 1. The third kappa shape index (κ3) is 2.26. The van der Waals surface area contributed by atoms with Crippen molar-refractivity contribution in [3.8, 4) is 0 Å². The summed E-state index contributed by atoms with van der Waals surface area (Å²) in [5.41, 5.74) is 0.656. The quantitative estimate of drug-likeness (QED) is 0.758. The molecule has 1 aromatic rings. The van der Waals surface area contributed by atoms with Crippen LogP contribution in [0.2, 0.25) is 5.02 Å². The molecule has 0 heterocycles. The van der Waals surface area contributed by atoms with E-state index < -0.39 is 11.9 Å². The van der Waals surface area contributed by atoms with Gasteiger partial charge in [-0.25, -0.2) is 4.39 Å². The summed E-state index contributed by atoms with van der Waals surface area (Å²) < 4.78 is 12.7. The number of hydrogen-bond acceptors (Lipinski definition) is 2. The van der Waals surface area contributed by atoms with Crippen LogP contribution in [0.3, 0.4) is 0 Å². The van der Waals surface area contributed by atoms with Crippen molar-refractivity contribution in [2.24, 2.45) is 0 Å². The smallest absolute Gasteiger partial charge is 0.141 e. The lowest BCUT2D eigenvalue weighted by Crippen LogP contribution is -2.17. The Labute approximate surface area is 80.7 Å². The highest BCUT2D eigenvalue weighted by Crippen LogP contribution is 2.19. The largest absolute Gasteiger partial charge is 0.307 e. The lowest BCUT2D eigenvalue weighted by Gasteiger charge is -2.09. The second kappa shape index (κ2) is 4.35. The predicted molar refractivity (Wildman–Crippen MR) is 49.3 cm³/mol. The molecule has 1 aromatic carbocycles. The van der Waals surface area contributed by atoms with E-state index in [9.17, 15) is 9.18 Å². The van der Waals surface area contributed by atoms with Gasteiger partial charge in [-0.05, 0) is 24.7 Å². The van der Waals surface area contributed by atoms with Crippen LogP contribution < -0.4 is 5.32 Å². The minimum atomic E-state index is -0.480. The summed E-state index contributed by atoms with van der Waals surface area (Å²) in [6.45, 7) is 0. The molecule has 0 radical (unpaired) electrons. The molecule has 0 saturated heterocycles. The Bertz CT molecular complexity index is 316. The van der Waals surface area contributed by atoms with Crippen molar-refractivity contribution in [2.75, 3.05) is 7.05 Å². The van der Waals surface area contributed by atoms with Gasteiger partial charge in [0.15, 0.2) is 0 Å². The van der Waals surface area contributed by atoms with E-state index in [0.29, 0.717) is 5.56 Å². The summed E-state index contributed by atoms with van der Waals surface area (Å²) in [4.78, 5) is 10.5. The van der Waals surface area contributed by atoms with E-state index in [1.165, 1.54) is 18.2 Å². The van der Waals surface area contributed by atoms with Crippen molar-refractivity contribution in [2.45, 2.75) is 6.04 Å². The Morgan fingerprint density at radius 1 is 1.62 bits per heavy atom. The van der Waals surface area contributed by atoms with Crippen molar-refractivity contribution in [3.05, 3.63) is 34.6 Å². The summed E-state index contributed by atoms with van der Waals surface area (Å²) in [5, 5.41) is 2.79. The summed E-state index contributed by atoms with van der Waals surface area (Å²) in [6.07, 6.45) is 0.740. The van der Waals surface area contributed by atoms with Gasteiger partial charge < -0.3 is 10.1 Å². The van der Waals surface area contributed by atoms with E-state index in [1.807, 2.05) is 0 Å². The van der Waals surface area contributed by atoms with Crippen LogP contribution in [-0.2, 0) is 4.79 Å². The van der Waals surface area contributed by atoms with Gasteiger partial charge in [0.1, 0.15) is 12.1 Å². The second-order valence-electron chi connectivity index (χ2n) is 2.58. The number of halogens is 2. The maximum Gasteiger partial charge on any atom is 0.141 e. The SMILES string of the molecule is CNC(C=O)c1ccc(F)c(Cl)c1. The van der Waals surface area contributed by atoms with E-state index in [2.05, 4.69) is 5.32 Å². The Hall–Kier alpha value is -0.930. The molecule has 0 aliphatic rings. The summed E-state index contributed by atoms with van der Waals surface area (Å²) in [6, 6.07) is 3.77.